The molecule has 2 aliphatic rings. The number of hydrogen-bond acceptors (Lipinski definition) is 7. The maximum Gasteiger partial charge on any atom is 0.391 e. The smallest absolute Gasteiger partial charge is 0.391 e. The van der Waals surface area contributed by atoms with Crippen LogP contribution in [0.25, 0.3) is 0 Å². The number of aliphatic hydroxyl groups is 2. The van der Waals surface area contributed by atoms with Gasteiger partial charge in [-0.3, -0.25) is 14.7 Å². The van der Waals surface area contributed by atoms with Crippen molar-refractivity contribution in [2.24, 2.45) is 11.8 Å². The normalized spacial score (nSPS) is 22.9. The summed E-state index contributed by atoms with van der Waals surface area (Å²) in [7, 11) is -3.37. The van der Waals surface area contributed by atoms with Crippen molar-refractivity contribution in [3.8, 4) is 0 Å². The van der Waals surface area contributed by atoms with Crippen molar-refractivity contribution < 1.29 is 36.6 Å². The van der Waals surface area contributed by atoms with Gasteiger partial charge in [0, 0.05) is 19.3 Å². The van der Waals surface area contributed by atoms with Crippen LogP contribution >= 0.6 is 0 Å². The average molecular weight is 570 g/mol. The topological polar surface area (TPSA) is 120 Å². The van der Waals surface area contributed by atoms with Crippen LogP contribution in [0.15, 0.2) is 41.4 Å². The number of rotatable bonds is 9. The summed E-state index contributed by atoms with van der Waals surface area (Å²) >= 11 is 0. The zero-order chi connectivity index (χ0) is 28.4. The van der Waals surface area contributed by atoms with Crippen LogP contribution in [0.2, 0.25) is 0 Å². The number of aliphatic hydroxyl groups excluding tert-OH is 2. The van der Waals surface area contributed by atoms with E-state index in [-0.39, 0.29) is 47.6 Å². The molecule has 1 aromatic carbocycles. The van der Waals surface area contributed by atoms with E-state index in [9.17, 15) is 36.6 Å². The predicted molar refractivity (Wildman–Crippen MR) is 137 cm³/mol. The van der Waals surface area contributed by atoms with Crippen LogP contribution in [-0.4, -0.2) is 66.1 Å². The maximum absolute atomic E-state index is 13.0. The SMILES string of the molecule is CCS(=O)(=O)c1ccc([C@H](CO)NC(=O)c2cnc3c(c2)CN(C[C@H]2CC[C@H](C(F)(F)F)CC2)C3CO)cc1. The van der Waals surface area contributed by atoms with Crippen LogP contribution in [0.3, 0.4) is 0 Å². The molecule has 1 aromatic heterocycles. The minimum Gasteiger partial charge on any atom is -0.394 e. The van der Waals surface area contributed by atoms with Gasteiger partial charge >= 0.3 is 6.18 Å². The van der Waals surface area contributed by atoms with Crippen LogP contribution in [-0.2, 0) is 16.4 Å². The van der Waals surface area contributed by atoms with E-state index in [2.05, 4.69) is 10.3 Å². The lowest BCUT2D eigenvalue weighted by molar-refractivity contribution is -0.184. The summed E-state index contributed by atoms with van der Waals surface area (Å²) in [5.74, 6) is -1.66. The molecule has 1 aliphatic heterocycles. The minimum atomic E-state index is -4.16. The van der Waals surface area contributed by atoms with Crippen molar-refractivity contribution >= 4 is 15.7 Å². The Balaban J connectivity index is 1.41. The molecule has 2 heterocycles. The molecule has 0 bridgehead atoms. The van der Waals surface area contributed by atoms with Crippen molar-refractivity contribution in [2.75, 3.05) is 25.5 Å². The van der Waals surface area contributed by atoms with Crippen molar-refractivity contribution in [3.05, 3.63) is 58.9 Å². The molecule has 1 unspecified atom stereocenters. The minimum absolute atomic E-state index is 0.0361. The van der Waals surface area contributed by atoms with E-state index in [0.717, 1.165) is 5.56 Å². The van der Waals surface area contributed by atoms with Gasteiger partial charge in [0.15, 0.2) is 9.84 Å². The first-order chi connectivity index (χ1) is 18.5. The molecule has 214 valence electrons. The predicted octanol–water partition coefficient (Wildman–Crippen LogP) is 3.56. The molecule has 4 rings (SSSR count). The third-order valence-corrected chi connectivity index (χ3v) is 9.63. The van der Waals surface area contributed by atoms with E-state index >= 15 is 0 Å². The summed E-state index contributed by atoms with van der Waals surface area (Å²) in [5, 5.41) is 22.7. The van der Waals surface area contributed by atoms with E-state index in [1.807, 2.05) is 4.90 Å². The largest absolute Gasteiger partial charge is 0.394 e. The van der Waals surface area contributed by atoms with Gasteiger partial charge in [0.1, 0.15) is 0 Å². The number of pyridine rings is 1. The molecule has 1 amide bonds. The highest BCUT2D eigenvalue weighted by molar-refractivity contribution is 7.91. The van der Waals surface area contributed by atoms with Crippen molar-refractivity contribution in [1.82, 2.24) is 15.2 Å². The number of fused-ring (bicyclic) bond motifs is 1. The van der Waals surface area contributed by atoms with Gasteiger partial charge in [-0.15, -0.1) is 0 Å². The number of alkyl halides is 3. The molecule has 3 N–H and O–H groups in total. The lowest BCUT2D eigenvalue weighted by Gasteiger charge is -2.33. The summed E-state index contributed by atoms with van der Waals surface area (Å²) in [6.07, 6.45) is -1.57. The maximum atomic E-state index is 13.0. The molecule has 2 atom stereocenters. The van der Waals surface area contributed by atoms with Gasteiger partial charge in [-0.25, -0.2) is 8.42 Å². The van der Waals surface area contributed by atoms with E-state index in [1.54, 1.807) is 25.1 Å². The number of nitrogens with one attached hydrogen (secondary N) is 1. The van der Waals surface area contributed by atoms with Gasteiger partial charge in [0.25, 0.3) is 5.91 Å². The highest BCUT2D eigenvalue weighted by Crippen LogP contribution is 2.41. The summed E-state index contributed by atoms with van der Waals surface area (Å²) in [6, 6.07) is 6.52. The second-order valence-corrected chi connectivity index (χ2v) is 12.6. The monoisotopic (exact) mass is 569 g/mol. The van der Waals surface area contributed by atoms with Crippen LogP contribution in [0.4, 0.5) is 13.2 Å². The number of aromatic nitrogens is 1. The first-order valence-corrected chi connectivity index (χ1v) is 14.8. The van der Waals surface area contributed by atoms with Gasteiger partial charge in [-0.2, -0.15) is 13.2 Å². The number of carbonyl (C=O) groups excluding carboxylic acids is 1. The highest BCUT2D eigenvalue weighted by Gasteiger charge is 2.42. The number of benzene rings is 1. The fraction of sp³-hybridized carbons (Fsp3) is 0.556. The molecule has 1 saturated carbocycles. The van der Waals surface area contributed by atoms with Gasteiger partial charge in [-0.1, -0.05) is 19.1 Å². The second-order valence-electron chi connectivity index (χ2n) is 10.3. The number of nitrogens with zero attached hydrogens (tertiary/aromatic N) is 2. The van der Waals surface area contributed by atoms with Crippen molar-refractivity contribution in [1.29, 1.82) is 0 Å². The van der Waals surface area contributed by atoms with Crippen LogP contribution in [0.5, 0.6) is 0 Å². The van der Waals surface area contributed by atoms with E-state index in [1.165, 1.54) is 18.3 Å². The van der Waals surface area contributed by atoms with Crippen LogP contribution in [0.1, 0.15) is 71.9 Å². The fourth-order valence-corrected chi connectivity index (χ4v) is 6.41. The third kappa shape index (κ3) is 6.62. The molecule has 1 fully saturated rings. The van der Waals surface area contributed by atoms with Crippen LogP contribution in [0, 0.1) is 11.8 Å². The third-order valence-electron chi connectivity index (χ3n) is 7.88. The molecular formula is C27H34F3N3O5S. The lowest BCUT2D eigenvalue weighted by atomic mass is 9.81. The number of sulfone groups is 1. The molecule has 0 saturated heterocycles. The summed E-state index contributed by atoms with van der Waals surface area (Å²) in [5.41, 5.74) is 2.22. The summed E-state index contributed by atoms with van der Waals surface area (Å²) in [4.78, 5) is 19.6. The zero-order valence-electron chi connectivity index (χ0n) is 21.7. The second kappa shape index (κ2) is 11.9. The van der Waals surface area contributed by atoms with Gasteiger partial charge in [-0.05, 0) is 60.9 Å². The molecular weight excluding hydrogens is 535 g/mol. The molecule has 1 aliphatic carbocycles. The van der Waals surface area contributed by atoms with E-state index < -0.39 is 40.5 Å². The first-order valence-electron chi connectivity index (χ1n) is 13.1. The summed E-state index contributed by atoms with van der Waals surface area (Å²) < 4.78 is 63.2. The van der Waals surface area contributed by atoms with Gasteiger partial charge < -0.3 is 15.5 Å². The number of amides is 1. The Hall–Kier alpha value is -2.54. The lowest BCUT2D eigenvalue weighted by Crippen LogP contribution is -2.34. The Morgan fingerprint density at radius 1 is 1.15 bits per heavy atom. The standard InChI is InChI=1S/C27H34F3N3O5S/c1-2-39(37,38)22-9-5-18(6-10-22)23(15-34)32-26(36)19-11-20-14-33(24(16-35)25(20)31-12-19)13-17-3-7-21(8-4-17)27(28,29)30/h5-6,9-12,17,21,23-24,34-35H,2-4,7-8,13-16H2,1H3,(H,32,36)/t17-,21-,23-,24?/m0/s1. The Kier molecular flexibility index (Phi) is 8.99. The highest BCUT2D eigenvalue weighted by atomic mass is 32.2. The Labute approximate surface area is 226 Å². The van der Waals surface area contributed by atoms with E-state index in [0.29, 0.717) is 37.2 Å². The molecule has 2 aromatic rings. The quantitative estimate of drug-likeness (QED) is 0.423. The average Bonchev–Trinajstić information content (AvgIpc) is 3.27. The molecule has 0 radical (unpaired) electrons. The fourth-order valence-electron chi connectivity index (χ4n) is 5.52. The van der Waals surface area contributed by atoms with Crippen molar-refractivity contribution in [3.63, 3.8) is 0 Å². The van der Waals surface area contributed by atoms with Gasteiger partial charge in [0.2, 0.25) is 0 Å². The van der Waals surface area contributed by atoms with Gasteiger partial charge in [0.05, 0.1) is 53.1 Å². The molecule has 8 nitrogen and oxygen atoms in total. The number of halogens is 3. The molecule has 39 heavy (non-hydrogen) atoms. The van der Waals surface area contributed by atoms with Crippen LogP contribution < -0.4 is 5.32 Å². The number of carbonyl (C=O) groups is 1. The number of hydrogen-bond donors (Lipinski definition) is 3. The Bertz CT molecular complexity index is 1260. The molecule has 0 spiro atoms. The van der Waals surface area contributed by atoms with Crippen molar-refractivity contribution in [2.45, 2.75) is 62.3 Å². The Morgan fingerprint density at radius 3 is 2.38 bits per heavy atom. The Morgan fingerprint density at radius 2 is 1.82 bits per heavy atom. The first kappa shape index (κ1) is 29.4. The zero-order valence-corrected chi connectivity index (χ0v) is 22.5. The summed E-state index contributed by atoms with van der Waals surface area (Å²) in [6.45, 7) is 1.92. The van der Waals surface area contributed by atoms with E-state index in [4.69, 9.17) is 0 Å². The molecule has 12 heteroatoms.